The number of ketones is 1. The monoisotopic (exact) mass is 671 g/mol. The van der Waals surface area contributed by atoms with Crippen LogP contribution in [-0.2, 0) is 26.2 Å². The quantitative estimate of drug-likeness (QED) is 0.251. The average molecular weight is 673 g/mol. The summed E-state index contributed by atoms with van der Waals surface area (Å²) in [7, 11) is 1.35. The zero-order valence-electron chi connectivity index (χ0n) is 25.6. The topological polar surface area (TPSA) is 132 Å². The number of amides is 1. The molecule has 4 atom stereocenters. The summed E-state index contributed by atoms with van der Waals surface area (Å²) in [6.07, 6.45) is 0.0551. The maximum atomic E-state index is 15.9. The molecule has 8 nitrogen and oxygen atoms in total. The molecular weight excluding hydrogens is 639 g/mol. The summed E-state index contributed by atoms with van der Waals surface area (Å²) in [5.74, 6) is -4.73. The summed E-state index contributed by atoms with van der Waals surface area (Å²) in [5, 5.41) is 14.2. The predicted molar refractivity (Wildman–Crippen MR) is 169 cm³/mol. The fourth-order valence-electron chi connectivity index (χ4n) is 6.14. The Morgan fingerprint density at radius 1 is 1.09 bits per heavy atom. The van der Waals surface area contributed by atoms with Gasteiger partial charge in [0.05, 0.1) is 29.8 Å². The van der Waals surface area contributed by atoms with Crippen molar-refractivity contribution in [1.82, 2.24) is 5.32 Å². The van der Waals surface area contributed by atoms with Crippen molar-refractivity contribution in [3.63, 3.8) is 0 Å². The van der Waals surface area contributed by atoms with E-state index in [0.29, 0.717) is 12.0 Å². The number of nitrogens with one attached hydrogen (secondary N) is 1. The number of ether oxygens (including phenoxy) is 2. The van der Waals surface area contributed by atoms with E-state index >= 15 is 8.78 Å². The fourth-order valence-corrected chi connectivity index (χ4v) is 6.48. The molecule has 1 saturated heterocycles. The van der Waals surface area contributed by atoms with Gasteiger partial charge in [-0.25, -0.2) is 13.6 Å². The molecule has 1 fully saturated rings. The number of nitrogens with two attached hydrogens (primary N) is 1. The summed E-state index contributed by atoms with van der Waals surface area (Å²) in [5.41, 5.74) is 3.25. The second kappa shape index (κ2) is 13.8. The summed E-state index contributed by atoms with van der Waals surface area (Å²) in [6.45, 7) is 5.22. The largest absolute Gasteiger partial charge is 0.496 e. The highest BCUT2D eigenvalue weighted by atomic mass is 35.5. The number of carbonyl (C=O) groups is 3. The first-order chi connectivity index (χ1) is 21.6. The second-order valence-electron chi connectivity index (χ2n) is 12.4. The molecule has 12 heteroatoms. The first kappa shape index (κ1) is 34.8. The van der Waals surface area contributed by atoms with E-state index in [1.54, 1.807) is 0 Å². The van der Waals surface area contributed by atoms with Crippen molar-refractivity contribution in [3.8, 4) is 11.8 Å². The van der Waals surface area contributed by atoms with Crippen LogP contribution in [-0.4, -0.2) is 43.5 Å². The molecule has 242 valence electrons. The van der Waals surface area contributed by atoms with E-state index in [1.807, 2.05) is 20.8 Å². The Morgan fingerprint density at radius 2 is 1.80 bits per heavy atom. The van der Waals surface area contributed by atoms with Gasteiger partial charge in [-0.05, 0) is 47.7 Å². The van der Waals surface area contributed by atoms with Crippen LogP contribution >= 0.6 is 23.2 Å². The molecule has 4 rings (SSSR count). The Morgan fingerprint density at radius 3 is 2.41 bits per heavy atom. The van der Waals surface area contributed by atoms with Gasteiger partial charge in [0, 0.05) is 34.5 Å². The molecule has 0 radical (unpaired) electrons. The minimum atomic E-state index is -1.77. The highest BCUT2D eigenvalue weighted by Crippen LogP contribution is 2.53. The number of Topliss-reactive ketones (excluding diaryl/α,β-unsaturated/α-hetero) is 1. The van der Waals surface area contributed by atoms with Crippen LogP contribution in [0.25, 0.3) is 0 Å². The number of carbonyl (C=O) groups excluding carboxylic acids is 3. The van der Waals surface area contributed by atoms with Gasteiger partial charge in [0.1, 0.15) is 22.8 Å². The van der Waals surface area contributed by atoms with Crippen molar-refractivity contribution in [2.75, 3.05) is 13.7 Å². The molecule has 1 amide bonds. The summed E-state index contributed by atoms with van der Waals surface area (Å²) < 4.78 is 42.1. The van der Waals surface area contributed by atoms with E-state index in [2.05, 4.69) is 11.4 Å². The lowest BCUT2D eigenvalue weighted by Gasteiger charge is -2.37. The summed E-state index contributed by atoms with van der Waals surface area (Å²) >= 11 is 12.3. The highest BCUT2D eigenvalue weighted by Gasteiger charge is 2.60. The highest BCUT2D eigenvalue weighted by molar-refractivity contribution is 6.31. The molecule has 3 aromatic rings. The Kier molecular flexibility index (Phi) is 10.4. The zero-order chi connectivity index (χ0) is 34.0. The molecular formula is C34H33Cl2F2N3O5. The summed E-state index contributed by atoms with van der Waals surface area (Å²) in [4.78, 5) is 37.7. The molecule has 0 aromatic heterocycles. The van der Waals surface area contributed by atoms with Gasteiger partial charge in [-0.15, -0.1) is 0 Å². The molecule has 0 bridgehead atoms. The van der Waals surface area contributed by atoms with Gasteiger partial charge >= 0.3 is 5.97 Å². The lowest BCUT2D eigenvalue weighted by Crippen LogP contribution is -2.44. The Labute approximate surface area is 275 Å². The fraction of sp³-hybridized carbons (Fsp3) is 0.353. The number of rotatable bonds is 10. The van der Waals surface area contributed by atoms with E-state index in [9.17, 15) is 19.6 Å². The van der Waals surface area contributed by atoms with E-state index in [1.165, 1.54) is 55.6 Å². The van der Waals surface area contributed by atoms with Crippen LogP contribution in [0.4, 0.5) is 8.78 Å². The maximum absolute atomic E-state index is 15.9. The number of methoxy groups -OCH3 is 1. The van der Waals surface area contributed by atoms with Gasteiger partial charge < -0.3 is 20.5 Å². The molecule has 46 heavy (non-hydrogen) atoms. The number of nitrogens with zero attached hydrogens (tertiary/aromatic N) is 1. The van der Waals surface area contributed by atoms with Gasteiger partial charge in [-0.1, -0.05) is 68.2 Å². The number of esters is 1. The van der Waals surface area contributed by atoms with E-state index in [-0.39, 0.29) is 38.9 Å². The zero-order valence-corrected chi connectivity index (χ0v) is 27.1. The van der Waals surface area contributed by atoms with Gasteiger partial charge in [-0.2, -0.15) is 5.26 Å². The molecule has 1 aliphatic heterocycles. The lowest BCUT2D eigenvalue weighted by atomic mass is 9.62. The van der Waals surface area contributed by atoms with Crippen molar-refractivity contribution in [2.45, 2.75) is 57.0 Å². The Hall–Kier alpha value is -4.04. The van der Waals surface area contributed by atoms with Crippen LogP contribution in [0.15, 0.2) is 54.6 Å². The molecule has 0 aliphatic carbocycles. The van der Waals surface area contributed by atoms with Crippen molar-refractivity contribution in [2.24, 2.45) is 11.1 Å². The minimum Gasteiger partial charge on any atom is -0.496 e. The van der Waals surface area contributed by atoms with Crippen LogP contribution in [0, 0.1) is 28.4 Å². The second-order valence-corrected chi connectivity index (χ2v) is 13.2. The van der Waals surface area contributed by atoms with Crippen molar-refractivity contribution >= 4 is 40.9 Å². The number of hydrogen-bond donors (Lipinski definition) is 2. The SMILES string of the molecule is COc1cc(C(=O)OCC(N)=O)ccc1CC(=O)[C@@H]1N[C@@H](CC(C)(C)C)[C@](C#N)(c2ccc(Cl)cc2F)[C@H]1c1cccc(Cl)c1F. The number of halogens is 4. The van der Waals surface area contributed by atoms with E-state index < -0.39 is 64.7 Å². The molecule has 0 saturated carbocycles. The average Bonchev–Trinajstić information content (AvgIpc) is 3.30. The third-order valence-electron chi connectivity index (χ3n) is 8.03. The van der Waals surface area contributed by atoms with Gasteiger partial charge in [0.15, 0.2) is 12.4 Å². The Bertz CT molecular complexity index is 1720. The smallest absolute Gasteiger partial charge is 0.338 e. The number of benzene rings is 3. The molecule has 1 heterocycles. The van der Waals surface area contributed by atoms with Crippen molar-refractivity contribution in [3.05, 3.63) is 98.5 Å². The Balaban J connectivity index is 1.86. The van der Waals surface area contributed by atoms with E-state index in [4.69, 9.17) is 38.4 Å². The maximum Gasteiger partial charge on any atom is 0.338 e. The van der Waals surface area contributed by atoms with Crippen LogP contribution in [0.2, 0.25) is 10.0 Å². The first-order valence-electron chi connectivity index (χ1n) is 14.3. The summed E-state index contributed by atoms with van der Waals surface area (Å²) in [6, 6.07) is 12.8. The number of primary amides is 1. The molecule has 0 unspecified atom stereocenters. The first-order valence-corrected chi connectivity index (χ1v) is 15.1. The van der Waals surface area contributed by atoms with Gasteiger partial charge in [-0.3, -0.25) is 9.59 Å². The van der Waals surface area contributed by atoms with Crippen molar-refractivity contribution < 1.29 is 32.6 Å². The van der Waals surface area contributed by atoms with Crippen LogP contribution in [0.1, 0.15) is 60.2 Å². The lowest BCUT2D eigenvalue weighted by molar-refractivity contribution is -0.121. The molecule has 3 aromatic carbocycles. The number of nitriles is 1. The van der Waals surface area contributed by atoms with Crippen LogP contribution in [0.5, 0.6) is 5.75 Å². The van der Waals surface area contributed by atoms with Gasteiger partial charge in [0.25, 0.3) is 5.91 Å². The molecule has 0 spiro atoms. The van der Waals surface area contributed by atoms with Crippen molar-refractivity contribution in [1.29, 1.82) is 5.26 Å². The normalized spacial score (nSPS) is 21.0. The number of hydrogen-bond acceptors (Lipinski definition) is 7. The minimum absolute atomic E-state index is 0.0230. The van der Waals surface area contributed by atoms with E-state index in [0.717, 1.165) is 6.07 Å². The predicted octanol–water partition coefficient (Wildman–Crippen LogP) is 6.06. The van der Waals surface area contributed by atoms with Gasteiger partial charge in [0.2, 0.25) is 0 Å². The molecule has 3 N–H and O–H groups in total. The third-order valence-corrected chi connectivity index (χ3v) is 8.56. The van der Waals surface area contributed by atoms with Crippen LogP contribution in [0.3, 0.4) is 0 Å². The third kappa shape index (κ3) is 7.02. The van der Waals surface area contributed by atoms with Crippen LogP contribution < -0.4 is 15.8 Å². The standard InChI is InChI=1S/C34H33Cl2F2N3O5/c1-33(2,3)15-27-34(17-39,22-11-10-20(35)14-24(22)37)29(21-6-5-7-23(36)30(21)38)31(41-27)25(42)12-18-8-9-19(13-26(18)45-4)32(44)46-16-28(40)43/h5-11,13-14,27,29,31,41H,12,15-16H2,1-4H3,(H2,40,43)/t27-,29-,31-,34-/m0/s1. The molecule has 1 aliphatic rings.